The zero-order valence-electron chi connectivity index (χ0n) is 9.10. The zero-order chi connectivity index (χ0) is 11.5. The second-order valence-electron chi connectivity index (χ2n) is 3.56. The van der Waals surface area contributed by atoms with Crippen molar-refractivity contribution >= 4 is 0 Å². The van der Waals surface area contributed by atoms with Crippen molar-refractivity contribution in [3.05, 3.63) is 23.3 Å². The maximum Gasteiger partial charge on any atom is 0.231 e. The quantitative estimate of drug-likeness (QED) is 0.783. The molecule has 1 aliphatic rings. The monoisotopic (exact) mass is 225 g/mol. The van der Waals surface area contributed by atoms with E-state index in [1.807, 2.05) is 12.1 Å². The Kier molecular flexibility index (Phi) is 3.28. The van der Waals surface area contributed by atoms with Gasteiger partial charge in [-0.3, -0.25) is 0 Å². The Morgan fingerprint density at radius 1 is 1.50 bits per heavy atom. The number of aliphatic hydroxyl groups excluding tert-OH is 1. The van der Waals surface area contributed by atoms with E-state index in [1.165, 1.54) is 0 Å². The number of fused-ring (bicyclic) bond motifs is 1. The first-order chi connectivity index (χ1) is 7.77. The van der Waals surface area contributed by atoms with Crippen LogP contribution < -0.4 is 15.2 Å². The molecule has 1 aromatic carbocycles. The number of rotatable bonds is 4. The fourth-order valence-corrected chi connectivity index (χ4v) is 1.80. The highest BCUT2D eigenvalue weighted by atomic mass is 16.7. The van der Waals surface area contributed by atoms with Crippen LogP contribution in [0.1, 0.15) is 17.2 Å². The zero-order valence-corrected chi connectivity index (χ0v) is 9.10. The van der Waals surface area contributed by atoms with E-state index in [4.69, 9.17) is 19.9 Å². The summed E-state index contributed by atoms with van der Waals surface area (Å²) >= 11 is 0. The van der Waals surface area contributed by atoms with E-state index < -0.39 is 6.10 Å². The standard InChI is InChI=1S/C11H15NO4/c1-14-5-7-2-3-9-11(16-6-15-9)10(7)8(13)4-12/h2-3,8,13H,4-6,12H2,1H3. The largest absolute Gasteiger partial charge is 0.454 e. The fourth-order valence-electron chi connectivity index (χ4n) is 1.80. The second-order valence-corrected chi connectivity index (χ2v) is 3.56. The molecule has 0 saturated heterocycles. The van der Waals surface area contributed by atoms with Gasteiger partial charge in [-0.25, -0.2) is 0 Å². The molecule has 5 nitrogen and oxygen atoms in total. The van der Waals surface area contributed by atoms with Crippen LogP contribution in [0.4, 0.5) is 0 Å². The average molecular weight is 225 g/mol. The number of methoxy groups -OCH3 is 1. The van der Waals surface area contributed by atoms with E-state index in [0.717, 1.165) is 5.56 Å². The molecule has 2 rings (SSSR count). The van der Waals surface area contributed by atoms with Gasteiger partial charge in [0.15, 0.2) is 11.5 Å². The number of nitrogens with two attached hydrogens (primary N) is 1. The van der Waals surface area contributed by atoms with Crippen LogP contribution in [-0.2, 0) is 11.3 Å². The summed E-state index contributed by atoms with van der Waals surface area (Å²) in [4.78, 5) is 0. The molecule has 0 saturated carbocycles. The van der Waals surface area contributed by atoms with E-state index in [2.05, 4.69) is 0 Å². The van der Waals surface area contributed by atoms with Crippen LogP contribution in [-0.4, -0.2) is 25.6 Å². The molecule has 0 spiro atoms. The Hall–Kier alpha value is -1.30. The van der Waals surface area contributed by atoms with Crippen molar-refractivity contribution in [3.8, 4) is 11.5 Å². The van der Waals surface area contributed by atoms with Gasteiger partial charge in [0.1, 0.15) is 0 Å². The van der Waals surface area contributed by atoms with Gasteiger partial charge in [-0.15, -0.1) is 0 Å². The molecule has 0 fully saturated rings. The maximum absolute atomic E-state index is 9.88. The van der Waals surface area contributed by atoms with Crippen LogP contribution in [0.15, 0.2) is 12.1 Å². The van der Waals surface area contributed by atoms with Gasteiger partial charge in [-0.1, -0.05) is 6.07 Å². The van der Waals surface area contributed by atoms with Crippen molar-refractivity contribution in [1.29, 1.82) is 0 Å². The predicted octanol–water partition coefficient (Wildman–Crippen LogP) is 0.554. The Morgan fingerprint density at radius 3 is 3.00 bits per heavy atom. The molecule has 88 valence electrons. The van der Waals surface area contributed by atoms with Gasteiger partial charge in [0.25, 0.3) is 0 Å². The van der Waals surface area contributed by atoms with Crippen LogP contribution in [0.2, 0.25) is 0 Å². The van der Waals surface area contributed by atoms with Crippen molar-refractivity contribution < 1.29 is 19.3 Å². The summed E-state index contributed by atoms with van der Waals surface area (Å²) in [6.45, 7) is 0.718. The molecule has 0 aromatic heterocycles. The molecular weight excluding hydrogens is 210 g/mol. The topological polar surface area (TPSA) is 73.9 Å². The van der Waals surface area contributed by atoms with Gasteiger partial charge in [0.2, 0.25) is 6.79 Å². The van der Waals surface area contributed by atoms with Gasteiger partial charge < -0.3 is 25.1 Å². The lowest BCUT2D eigenvalue weighted by atomic mass is 10.0. The molecule has 3 N–H and O–H groups in total. The van der Waals surface area contributed by atoms with E-state index in [-0.39, 0.29) is 13.3 Å². The van der Waals surface area contributed by atoms with Gasteiger partial charge in [-0.05, 0) is 11.6 Å². The SMILES string of the molecule is COCc1ccc2c(c1C(O)CN)OCO2. The molecule has 1 unspecified atom stereocenters. The minimum Gasteiger partial charge on any atom is -0.454 e. The Bertz CT molecular complexity index is 380. The predicted molar refractivity (Wildman–Crippen MR) is 57.3 cm³/mol. The van der Waals surface area contributed by atoms with Crippen molar-refractivity contribution in [3.63, 3.8) is 0 Å². The highest BCUT2D eigenvalue weighted by molar-refractivity contribution is 5.53. The van der Waals surface area contributed by atoms with E-state index in [0.29, 0.717) is 23.7 Å². The van der Waals surface area contributed by atoms with Crippen LogP contribution in [0, 0.1) is 0 Å². The highest BCUT2D eigenvalue weighted by Crippen LogP contribution is 2.40. The van der Waals surface area contributed by atoms with Crippen molar-refractivity contribution in [2.45, 2.75) is 12.7 Å². The summed E-state index contributed by atoms with van der Waals surface area (Å²) in [7, 11) is 1.60. The summed E-state index contributed by atoms with van der Waals surface area (Å²) in [6, 6.07) is 3.66. The van der Waals surface area contributed by atoms with Crippen LogP contribution in [0.5, 0.6) is 11.5 Å². The van der Waals surface area contributed by atoms with Gasteiger partial charge in [0, 0.05) is 19.2 Å². The minimum atomic E-state index is -0.762. The van der Waals surface area contributed by atoms with E-state index >= 15 is 0 Å². The fraction of sp³-hybridized carbons (Fsp3) is 0.455. The van der Waals surface area contributed by atoms with Gasteiger partial charge >= 0.3 is 0 Å². The summed E-state index contributed by atoms with van der Waals surface area (Å²) in [5, 5.41) is 9.88. The van der Waals surface area contributed by atoms with Crippen molar-refractivity contribution in [2.24, 2.45) is 5.73 Å². The second kappa shape index (κ2) is 4.69. The van der Waals surface area contributed by atoms with Crippen LogP contribution >= 0.6 is 0 Å². The maximum atomic E-state index is 9.88. The summed E-state index contributed by atoms with van der Waals surface area (Å²) in [6.07, 6.45) is -0.762. The molecule has 5 heteroatoms. The highest BCUT2D eigenvalue weighted by Gasteiger charge is 2.24. The normalized spacial score (nSPS) is 15.2. The Labute approximate surface area is 93.7 Å². The third kappa shape index (κ3) is 1.84. The Morgan fingerprint density at radius 2 is 2.31 bits per heavy atom. The summed E-state index contributed by atoms with van der Waals surface area (Å²) in [5.41, 5.74) is 7.01. The number of hydrogen-bond donors (Lipinski definition) is 2. The molecular formula is C11H15NO4. The average Bonchev–Trinajstić information content (AvgIpc) is 2.76. The van der Waals surface area contributed by atoms with E-state index in [1.54, 1.807) is 7.11 Å². The van der Waals surface area contributed by atoms with Gasteiger partial charge in [-0.2, -0.15) is 0 Å². The number of aliphatic hydroxyl groups is 1. The number of benzene rings is 1. The van der Waals surface area contributed by atoms with Crippen molar-refractivity contribution in [2.75, 3.05) is 20.4 Å². The first-order valence-electron chi connectivity index (χ1n) is 5.06. The van der Waals surface area contributed by atoms with Crippen LogP contribution in [0.3, 0.4) is 0 Å². The smallest absolute Gasteiger partial charge is 0.231 e. The first-order valence-corrected chi connectivity index (χ1v) is 5.06. The molecule has 1 aliphatic heterocycles. The molecule has 0 radical (unpaired) electrons. The van der Waals surface area contributed by atoms with Crippen LogP contribution in [0.25, 0.3) is 0 Å². The van der Waals surface area contributed by atoms with E-state index in [9.17, 15) is 5.11 Å². The molecule has 0 bridgehead atoms. The molecule has 16 heavy (non-hydrogen) atoms. The molecule has 0 amide bonds. The lowest BCUT2D eigenvalue weighted by Crippen LogP contribution is -2.14. The minimum absolute atomic E-state index is 0.135. The van der Waals surface area contributed by atoms with Gasteiger partial charge in [0.05, 0.1) is 12.7 Å². The third-order valence-corrected chi connectivity index (χ3v) is 2.52. The summed E-state index contributed by atoms with van der Waals surface area (Å²) in [5.74, 6) is 1.22. The first kappa shape index (κ1) is 11.2. The number of hydrogen-bond acceptors (Lipinski definition) is 5. The third-order valence-electron chi connectivity index (χ3n) is 2.52. The van der Waals surface area contributed by atoms with Crippen molar-refractivity contribution in [1.82, 2.24) is 0 Å². The summed E-state index contributed by atoms with van der Waals surface area (Å²) < 4.78 is 15.7. The lowest BCUT2D eigenvalue weighted by molar-refractivity contribution is 0.153. The Balaban J connectivity index is 2.46. The molecule has 1 heterocycles. The number of ether oxygens (including phenoxy) is 3. The molecule has 1 aromatic rings. The molecule has 0 aliphatic carbocycles. The lowest BCUT2D eigenvalue weighted by Gasteiger charge is -2.15. The molecule has 1 atom stereocenters.